The summed E-state index contributed by atoms with van der Waals surface area (Å²) < 4.78 is 48.2. The van der Waals surface area contributed by atoms with Crippen molar-refractivity contribution in [3.05, 3.63) is 77.4 Å². The molecule has 0 saturated heterocycles. The zero-order valence-electron chi connectivity index (χ0n) is 10.4. The Morgan fingerprint density at radius 1 is 0.850 bits per heavy atom. The second-order valence-corrected chi connectivity index (χ2v) is 5.32. The molecule has 0 aliphatic heterocycles. The van der Waals surface area contributed by atoms with Gasteiger partial charge in [0.2, 0.25) is 0 Å². The number of halogens is 2. The first-order chi connectivity index (χ1) is 9.56. The Bertz CT molecular complexity index is 666. The van der Waals surface area contributed by atoms with Gasteiger partial charge in [-0.15, -0.1) is 0 Å². The normalized spacial score (nSPS) is 12.9. The van der Waals surface area contributed by atoms with Crippen LogP contribution in [0.2, 0.25) is 0 Å². The average Bonchev–Trinajstić information content (AvgIpc) is 2.43. The minimum atomic E-state index is -2.74. The average molecular weight is 294 g/mol. The van der Waals surface area contributed by atoms with Crippen molar-refractivity contribution in [1.29, 1.82) is 0 Å². The fraction of sp³-hybridized carbons (Fsp3) is 0.0667. The standard InChI is InChI=1S/C15H12F2O2S/c16-13-6-1-11(2-7-13)3-10-15(20(18)19)12-4-8-14(17)9-5-12/h1-10,15,20H. The van der Waals surface area contributed by atoms with E-state index in [0.29, 0.717) is 11.1 Å². The molecule has 0 fully saturated rings. The Morgan fingerprint density at radius 2 is 1.35 bits per heavy atom. The van der Waals surface area contributed by atoms with Gasteiger partial charge in [0.05, 0.1) is 0 Å². The van der Waals surface area contributed by atoms with Gasteiger partial charge < -0.3 is 0 Å². The summed E-state index contributed by atoms with van der Waals surface area (Å²) in [6.45, 7) is 0. The molecule has 0 saturated carbocycles. The van der Waals surface area contributed by atoms with Crippen LogP contribution in [0.5, 0.6) is 0 Å². The molecule has 2 aromatic carbocycles. The minimum Gasteiger partial charge on any atom is -0.231 e. The van der Waals surface area contributed by atoms with Crippen LogP contribution < -0.4 is 0 Å². The molecule has 0 aromatic heterocycles. The van der Waals surface area contributed by atoms with E-state index in [0.717, 1.165) is 0 Å². The second-order valence-electron chi connectivity index (χ2n) is 4.19. The van der Waals surface area contributed by atoms with Crippen LogP contribution in [0.15, 0.2) is 54.6 Å². The molecule has 0 heterocycles. The largest absolute Gasteiger partial charge is 0.231 e. The third-order valence-electron chi connectivity index (χ3n) is 2.78. The van der Waals surface area contributed by atoms with Crippen LogP contribution in [0.3, 0.4) is 0 Å². The molecular weight excluding hydrogens is 282 g/mol. The molecule has 5 heteroatoms. The maximum atomic E-state index is 12.8. The van der Waals surface area contributed by atoms with Gasteiger partial charge in [-0.3, -0.25) is 0 Å². The van der Waals surface area contributed by atoms with Crippen molar-refractivity contribution in [2.24, 2.45) is 0 Å². The summed E-state index contributed by atoms with van der Waals surface area (Å²) in [4.78, 5) is 0. The van der Waals surface area contributed by atoms with Gasteiger partial charge in [0.15, 0.2) is 10.7 Å². The van der Waals surface area contributed by atoms with Gasteiger partial charge >= 0.3 is 0 Å². The first kappa shape index (κ1) is 14.4. The van der Waals surface area contributed by atoms with E-state index in [1.54, 1.807) is 18.2 Å². The van der Waals surface area contributed by atoms with Crippen molar-refractivity contribution in [1.82, 2.24) is 0 Å². The number of benzene rings is 2. The monoisotopic (exact) mass is 294 g/mol. The van der Waals surface area contributed by atoms with Crippen molar-refractivity contribution in [3.63, 3.8) is 0 Å². The molecule has 0 aliphatic carbocycles. The predicted octanol–water partition coefficient (Wildman–Crippen LogP) is 3.33. The van der Waals surface area contributed by atoms with Gasteiger partial charge in [0.25, 0.3) is 0 Å². The highest BCUT2D eigenvalue weighted by Crippen LogP contribution is 2.20. The molecule has 20 heavy (non-hydrogen) atoms. The molecule has 0 radical (unpaired) electrons. The van der Waals surface area contributed by atoms with E-state index in [1.807, 2.05) is 0 Å². The first-order valence-electron chi connectivity index (χ1n) is 5.89. The highest BCUT2D eigenvalue weighted by Gasteiger charge is 2.10. The highest BCUT2D eigenvalue weighted by atomic mass is 32.2. The van der Waals surface area contributed by atoms with Crippen LogP contribution in [-0.2, 0) is 10.7 Å². The lowest BCUT2D eigenvalue weighted by Gasteiger charge is -2.05. The lowest BCUT2D eigenvalue weighted by atomic mass is 10.1. The van der Waals surface area contributed by atoms with Crippen LogP contribution in [0.4, 0.5) is 8.78 Å². The quantitative estimate of drug-likeness (QED) is 0.878. The Balaban J connectivity index is 2.26. The number of thiol groups is 1. The Kier molecular flexibility index (Phi) is 4.63. The number of rotatable bonds is 4. The van der Waals surface area contributed by atoms with Crippen molar-refractivity contribution >= 4 is 16.8 Å². The first-order valence-corrected chi connectivity index (χ1v) is 7.13. The van der Waals surface area contributed by atoms with E-state index in [-0.39, 0.29) is 5.82 Å². The zero-order valence-corrected chi connectivity index (χ0v) is 11.3. The molecular formula is C15H12F2O2S. The topological polar surface area (TPSA) is 34.1 Å². The molecule has 2 nitrogen and oxygen atoms in total. The lowest BCUT2D eigenvalue weighted by Crippen LogP contribution is -1.97. The van der Waals surface area contributed by atoms with Crippen molar-refractivity contribution in [2.75, 3.05) is 0 Å². The van der Waals surface area contributed by atoms with Gasteiger partial charge in [-0.25, -0.2) is 17.2 Å². The van der Waals surface area contributed by atoms with Gasteiger partial charge in [-0.2, -0.15) is 0 Å². The Morgan fingerprint density at radius 3 is 1.85 bits per heavy atom. The zero-order chi connectivity index (χ0) is 14.5. The van der Waals surface area contributed by atoms with Gasteiger partial charge in [-0.1, -0.05) is 36.4 Å². The van der Waals surface area contributed by atoms with E-state index in [1.165, 1.54) is 42.5 Å². The summed E-state index contributed by atoms with van der Waals surface area (Å²) in [5, 5.41) is -0.837. The molecule has 0 N–H and O–H groups in total. The summed E-state index contributed by atoms with van der Waals surface area (Å²) in [5.41, 5.74) is 1.18. The van der Waals surface area contributed by atoms with E-state index in [9.17, 15) is 17.2 Å². The van der Waals surface area contributed by atoms with E-state index < -0.39 is 21.8 Å². The molecule has 1 unspecified atom stereocenters. The van der Waals surface area contributed by atoms with Crippen molar-refractivity contribution in [2.45, 2.75) is 5.25 Å². The summed E-state index contributed by atoms with van der Waals surface area (Å²) in [6, 6.07) is 11.0. The van der Waals surface area contributed by atoms with E-state index >= 15 is 0 Å². The molecule has 0 amide bonds. The Labute approximate surface area is 117 Å². The second kappa shape index (κ2) is 6.43. The molecule has 0 bridgehead atoms. The maximum absolute atomic E-state index is 12.8. The highest BCUT2D eigenvalue weighted by molar-refractivity contribution is 7.72. The summed E-state index contributed by atoms with van der Waals surface area (Å²) in [7, 11) is -2.74. The molecule has 104 valence electrons. The molecule has 1 atom stereocenters. The maximum Gasteiger partial charge on any atom is 0.150 e. The van der Waals surface area contributed by atoms with Crippen molar-refractivity contribution in [3.8, 4) is 0 Å². The number of hydrogen-bond donors (Lipinski definition) is 1. The molecule has 2 rings (SSSR count). The van der Waals surface area contributed by atoms with E-state index in [2.05, 4.69) is 0 Å². The van der Waals surface area contributed by atoms with E-state index in [4.69, 9.17) is 0 Å². The van der Waals surface area contributed by atoms with Crippen LogP contribution in [0.25, 0.3) is 6.08 Å². The minimum absolute atomic E-state index is 0.355. The summed E-state index contributed by atoms with van der Waals surface area (Å²) >= 11 is 0. The molecule has 0 aliphatic rings. The van der Waals surface area contributed by atoms with Crippen LogP contribution >= 0.6 is 0 Å². The SMILES string of the molecule is O=[SH](=O)C(C=Cc1ccc(F)cc1)c1ccc(F)cc1. The van der Waals surface area contributed by atoms with Gasteiger partial charge in [0, 0.05) is 0 Å². The third-order valence-corrected chi connectivity index (χ3v) is 3.70. The fourth-order valence-electron chi connectivity index (χ4n) is 1.74. The smallest absolute Gasteiger partial charge is 0.150 e. The van der Waals surface area contributed by atoms with Crippen LogP contribution in [0, 0.1) is 11.6 Å². The molecule has 0 spiro atoms. The predicted molar refractivity (Wildman–Crippen MR) is 74.9 cm³/mol. The van der Waals surface area contributed by atoms with Crippen LogP contribution in [-0.4, -0.2) is 8.42 Å². The van der Waals surface area contributed by atoms with Crippen molar-refractivity contribution < 1.29 is 17.2 Å². The third kappa shape index (κ3) is 3.74. The van der Waals surface area contributed by atoms with Gasteiger partial charge in [-0.05, 0) is 35.4 Å². The number of hydrogen-bond acceptors (Lipinski definition) is 2. The lowest BCUT2D eigenvalue weighted by molar-refractivity contribution is 0.608. The summed E-state index contributed by atoms with van der Waals surface area (Å²) in [5.74, 6) is -0.775. The summed E-state index contributed by atoms with van der Waals surface area (Å²) in [6.07, 6.45) is 3.09. The fourth-order valence-corrected chi connectivity index (χ4v) is 2.38. The van der Waals surface area contributed by atoms with Crippen LogP contribution in [0.1, 0.15) is 16.4 Å². The Hall–Kier alpha value is -2.01. The van der Waals surface area contributed by atoms with Gasteiger partial charge in [0.1, 0.15) is 16.9 Å². The molecule has 2 aromatic rings.